The van der Waals surface area contributed by atoms with E-state index in [1.165, 1.54) is 0 Å². The SMILES string of the molecule is CCNC(=NCCN(C)CCCOC)NCCNC(=O)c1ccc(Cl)c(Cl)c1. The van der Waals surface area contributed by atoms with Gasteiger partial charge in [0.15, 0.2) is 5.96 Å². The third kappa shape index (κ3) is 10.1. The van der Waals surface area contributed by atoms with E-state index in [1.807, 2.05) is 6.92 Å². The molecule has 0 bridgehead atoms. The first kappa shape index (κ1) is 24.5. The predicted octanol–water partition coefficient (Wildman–Crippen LogP) is 2.25. The number of guanidine groups is 1. The Bertz CT molecular complexity index is 628. The van der Waals surface area contributed by atoms with Gasteiger partial charge in [-0.3, -0.25) is 9.79 Å². The number of likely N-dealkylation sites (N-methyl/N-ethyl adjacent to an activating group) is 1. The first-order valence-electron chi connectivity index (χ1n) is 9.40. The quantitative estimate of drug-likeness (QED) is 0.268. The average Bonchev–Trinajstić information content (AvgIpc) is 2.67. The number of benzene rings is 1. The average molecular weight is 432 g/mol. The smallest absolute Gasteiger partial charge is 0.251 e. The summed E-state index contributed by atoms with van der Waals surface area (Å²) in [5.41, 5.74) is 0.478. The Morgan fingerprint density at radius 3 is 2.57 bits per heavy atom. The van der Waals surface area contributed by atoms with Gasteiger partial charge in [0.05, 0.1) is 16.6 Å². The van der Waals surface area contributed by atoms with E-state index in [4.69, 9.17) is 27.9 Å². The summed E-state index contributed by atoms with van der Waals surface area (Å²) < 4.78 is 5.06. The Morgan fingerprint density at radius 2 is 1.89 bits per heavy atom. The molecule has 3 N–H and O–H groups in total. The van der Waals surface area contributed by atoms with Crippen molar-refractivity contribution in [3.05, 3.63) is 33.8 Å². The zero-order valence-corrected chi connectivity index (χ0v) is 18.4. The molecule has 1 aromatic carbocycles. The second-order valence-corrected chi connectivity index (χ2v) is 7.04. The highest BCUT2D eigenvalue weighted by Gasteiger charge is 2.07. The van der Waals surface area contributed by atoms with Crippen LogP contribution in [0.2, 0.25) is 10.0 Å². The van der Waals surface area contributed by atoms with Crippen LogP contribution in [-0.4, -0.2) is 76.8 Å². The van der Waals surface area contributed by atoms with Crippen molar-refractivity contribution in [2.75, 3.05) is 60.0 Å². The maximum absolute atomic E-state index is 12.1. The Morgan fingerprint density at radius 1 is 1.14 bits per heavy atom. The number of methoxy groups -OCH3 is 1. The van der Waals surface area contributed by atoms with Crippen LogP contribution < -0.4 is 16.0 Å². The van der Waals surface area contributed by atoms with E-state index in [1.54, 1.807) is 25.3 Å². The molecule has 1 amide bonds. The van der Waals surface area contributed by atoms with Crippen molar-refractivity contribution in [1.82, 2.24) is 20.9 Å². The summed E-state index contributed by atoms with van der Waals surface area (Å²) in [7, 11) is 3.79. The van der Waals surface area contributed by atoms with Gasteiger partial charge in [-0.05, 0) is 38.6 Å². The Kier molecular flexibility index (Phi) is 12.6. The Balaban J connectivity index is 2.33. The first-order chi connectivity index (χ1) is 13.5. The standard InChI is InChI=1S/C19H31Cl2N5O2/c1-4-22-19(25-10-12-26(2)11-5-13-28-3)24-9-8-23-18(27)15-6-7-16(20)17(21)14-15/h6-7,14H,4-5,8-13H2,1-3H3,(H,23,27)(H2,22,24,25). The number of nitrogens with zero attached hydrogens (tertiary/aromatic N) is 2. The molecule has 0 unspecified atom stereocenters. The van der Waals surface area contributed by atoms with E-state index in [0.29, 0.717) is 35.2 Å². The number of rotatable bonds is 12. The van der Waals surface area contributed by atoms with E-state index in [2.05, 4.69) is 32.9 Å². The molecule has 0 saturated heterocycles. The molecular formula is C19H31Cl2N5O2. The molecule has 0 aromatic heterocycles. The van der Waals surface area contributed by atoms with Gasteiger partial charge >= 0.3 is 0 Å². The first-order valence-corrected chi connectivity index (χ1v) is 10.2. The summed E-state index contributed by atoms with van der Waals surface area (Å²) >= 11 is 11.8. The van der Waals surface area contributed by atoms with Crippen LogP contribution in [0.4, 0.5) is 0 Å². The van der Waals surface area contributed by atoms with Gasteiger partial charge in [-0.1, -0.05) is 23.2 Å². The minimum atomic E-state index is -0.194. The third-order valence-corrected chi connectivity index (χ3v) is 4.61. The summed E-state index contributed by atoms with van der Waals surface area (Å²) in [6.07, 6.45) is 1.01. The molecule has 1 rings (SSSR count). The molecule has 0 fully saturated rings. The molecule has 0 aliphatic carbocycles. The number of hydrogen-bond acceptors (Lipinski definition) is 4. The molecule has 0 heterocycles. The number of carbonyl (C=O) groups excluding carboxylic acids is 1. The van der Waals surface area contributed by atoms with E-state index in [0.717, 1.165) is 38.6 Å². The van der Waals surface area contributed by atoms with Crippen molar-refractivity contribution < 1.29 is 9.53 Å². The largest absolute Gasteiger partial charge is 0.385 e. The molecule has 0 aliphatic heterocycles. The molecule has 0 atom stereocenters. The van der Waals surface area contributed by atoms with Gasteiger partial charge in [0, 0.05) is 52.0 Å². The lowest BCUT2D eigenvalue weighted by atomic mass is 10.2. The number of hydrogen-bond donors (Lipinski definition) is 3. The molecular weight excluding hydrogens is 401 g/mol. The lowest BCUT2D eigenvalue weighted by Gasteiger charge is -2.16. The fraction of sp³-hybridized carbons (Fsp3) is 0.579. The van der Waals surface area contributed by atoms with Gasteiger partial charge in [-0.25, -0.2) is 0 Å². The highest BCUT2D eigenvalue weighted by molar-refractivity contribution is 6.42. The fourth-order valence-corrected chi connectivity index (χ4v) is 2.66. The summed E-state index contributed by atoms with van der Waals surface area (Å²) in [6, 6.07) is 4.81. The van der Waals surface area contributed by atoms with Crippen LogP contribution in [0, 0.1) is 0 Å². The molecule has 9 heteroatoms. The maximum Gasteiger partial charge on any atom is 0.251 e. The molecule has 1 aromatic rings. The van der Waals surface area contributed by atoms with Crippen molar-refractivity contribution in [3.63, 3.8) is 0 Å². The topological polar surface area (TPSA) is 78.0 Å². The second-order valence-electron chi connectivity index (χ2n) is 6.22. The van der Waals surface area contributed by atoms with E-state index >= 15 is 0 Å². The number of amides is 1. The number of nitrogens with one attached hydrogen (secondary N) is 3. The second kappa shape index (κ2) is 14.5. The Hall–Kier alpha value is -1.54. The van der Waals surface area contributed by atoms with Gasteiger partial charge < -0.3 is 25.6 Å². The van der Waals surface area contributed by atoms with E-state index in [-0.39, 0.29) is 5.91 Å². The number of carbonyl (C=O) groups is 1. The fourth-order valence-electron chi connectivity index (χ4n) is 2.36. The molecule has 0 aliphatic rings. The van der Waals surface area contributed by atoms with Crippen molar-refractivity contribution in [1.29, 1.82) is 0 Å². The van der Waals surface area contributed by atoms with Crippen LogP contribution in [0.1, 0.15) is 23.7 Å². The lowest BCUT2D eigenvalue weighted by Crippen LogP contribution is -2.42. The summed E-state index contributed by atoms with van der Waals surface area (Å²) in [5.74, 6) is 0.538. The highest BCUT2D eigenvalue weighted by atomic mass is 35.5. The third-order valence-electron chi connectivity index (χ3n) is 3.87. The van der Waals surface area contributed by atoms with Crippen LogP contribution in [0.25, 0.3) is 0 Å². The molecule has 0 radical (unpaired) electrons. The predicted molar refractivity (Wildman–Crippen MR) is 117 cm³/mol. The summed E-state index contributed by atoms with van der Waals surface area (Å²) in [4.78, 5) is 18.9. The van der Waals surface area contributed by atoms with Crippen molar-refractivity contribution in [3.8, 4) is 0 Å². The van der Waals surface area contributed by atoms with E-state index in [9.17, 15) is 4.79 Å². The highest BCUT2D eigenvalue weighted by Crippen LogP contribution is 2.22. The number of aliphatic imine (C=N–C) groups is 1. The van der Waals surface area contributed by atoms with Gasteiger partial charge in [0.2, 0.25) is 0 Å². The lowest BCUT2D eigenvalue weighted by molar-refractivity contribution is 0.0954. The zero-order chi connectivity index (χ0) is 20.8. The summed E-state index contributed by atoms with van der Waals surface area (Å²) in [5, 5.41) is 10.0. The number of halogens is 2. The van der Waals surface area contributed by atoms with Crippen molar-refractivity contribution in [2.24, 2.45) is 4.99 Å². The maximum atomic E-state index is 12.1. The van der Waals surface area contributed by atoms with Crippen LogP contribution in [0.15, 0.2) is 23.2 Å². The van der Waals surface area contributed by atoms with Gasteiger partial charge in [-0.15, -0.1) is 0 Å². The van der Waals surface area contributed by atoms with Crippen LogP contribution >= 0.6 is 23.2 Å². The molecule has 158 valence electrons. The molecule has 7 nitrogen and oxygen atoms in total. The molecule has 28 heavy (non-hydrogen) atoms. The van der Waals surface area contributed by atoms with Crippen molar-refractivity contribution in [2.45, 2.75) is 13.3 Å². The normalized spacial score (nSPS) is 11.6. The monoisotopic (exact) mass is 431 g/mol. The van der Waals surface area contributed by atoms with Gasteiger partial charge in [0.25, 0.3) is 5.91 Å². The molecule has 0 saturated carbocycles. The minimum absolute atomic E-state index is 0.194. The van der Waals surface area contributed by atoms with Crippen molar-refractivity contribution >= 4 is 35.1 Å². The van der Waals surface area contributed by atoms with Crippen LogP contribution in [0.5, 0.6) is 0 Å². The zero-order valence-electron chi connectivity index (χ0n) is 16.9. The Labute approximate surface area is 177 Å². The van der Waals surface area contributed by atoms with Crippen LogP contribution in [-0.2, 0) is 4.74 Å². The summed E-state index contributed by atoms with van der Waals surface area (Å²) in [6.45, 7) is 7.11. The number of ether oxygens (including phenoxy) is 1. The van der Waals surface area contributed by atoms with Crippen LogP contribution in [0.3, 0.4) is 0 Å². The molecule has 0 spiro atoms. The minimum Gasteiger partial charge on any atom is -0.385 e. The van der Waals surface area contributed by atoms with Gasteiger partial charge in [-0.2, -0.15) is 0 Å². The van der Waals surface area contributed by atoms with E-state index < -0.39 is 0 Å². The van der Waals surface area contributed by atoms with Gasteiger partial charge in [0.1, 0.15) is 0 Å².